The number of hydrogen-bond acceptors (Lipinski definition) is 4. The van der Waals surface area contributed by atoms with Gasteiger partial charge in [-0.05, 0) is 0 Å². The Bertz CT molecular complexity index is 246. The molecule has 0 saturated heterocycles. The molecule has 0 aliphatic rings. The zero-order chi connectivity index (χ0) is 11.1. The fraction of sp³-hybridized carbons (Fsp3) is 0.500. The maximum Gasteiger partial charge on any atom is 0.330 e. The largest absolute Gasteiger partial charge is 0.481 e. The highest BCUT2D eigenvalue weighted by Crippen LogP contribution is 1.86. The summed E-state index contributed by atoms with van der Waals surface area (Å²) in [5.74, 6) is -2.15. The lowest BCUT2D eigenvalue weighted by Gasteiger charge is -1.85. The number of hydrogen-bond donors (Lipinski definition) is 4. The Hall–Kier alpha value is -1.19. The van der Waals surface area contributed by atoms with Gasteiger partial charge in [-0.2, -0.15) is 8.42 Å². The third-order valence-electron chi connectivity index (χ3n) is 0.553. The Kier molecular flexibility index (Phi) is 6.99. The summed E-state index contributed by atoms with van der Waals surface area (Å²) in [5.41, 5.74) is 0. The molecule has 0 aliphatic heterocycles. The molecule has 0 rings (SSSR count). The molecular formula is C4H9NO7S. The van der Waals surface area contributed by atoms with Gasteiger partial charge in [0.2, 0.25) is 0 Å². The average molecular weight is 215 g/mol. The molecular weight excluding hydrogens is 206 g/mol. The van der Waals surface area contributed by atoms with Crippen molar-refractivity contribution < 1.29 is 32.8 Å². The molecule has 0 unspecified atom stereocenters. The highest BCUT2D eigenvalue weighted by atomic mass is 32.2. The maximum absolute atomic E-state index is 9.64. The van der Waals surface area contributed by atoms with E-state index in [0.29, 0.717) is 0 Å². The van der Waals surface area contributed by atoms with Gasteiger partial charge in [0.1, 0.15) is 0 Å². The van der Waals surface area contributed by atoms with Crippen LogP contribution in [0.4, 0.5) is 0 Å². The van der Waals surface area contributed by atoms with Crippen molar-refractivity contribution in [2.75, 3.05) is 0 Å². The third-order valence-corrected chi connectivity index (χ3v) is 0.553. The van der Waals surface area contributed by atoms with Gasteiger partial charge in [-0.25, -0.2) is 5.14 Å². The van der Waals surface area contributed by atoms with Gasteiger partial charge in [0.15, 0.2) is 0 Å². The van der Waals surface area contributed by atoms with Crippen LogP contribution in [0.5, 0.6) is 0 Å². The van der Waals surface area contributed by atoms with Crippen molar-refractivity contribution in [1.29, 1.82) is 0 Å². The quantitative estimate of drug-likeness (QED) is 0.425. The van der Waals surface area contributed by atoms with Crippen molar-refractivity contribution in [1.82, 2.24) is 0 Å². The lowest BCUT2D eigenvalue weighted by atomic mass is 10.3. The molecule has 0 aromatic rings. The minimum Gasteiger partial charge on any atom is -0.481 e. The van der Waals surface area contributed by atoms with Crippen molar-refractivity contribution >= 4 is 22.2 Å². The molecule has 0 radical (unpaired) electrons. The molecule has 9 heteroatoms. The van der Waals surface area contributed by atoms with E-state index in [2.05, 4.69) is 5.14 Å². The predicted octanol–water partition coefficient (Wildman–Crippen LogP) is -1.32. The van der Waals surface area contributed by atoms with Gasteiger partial charge in [-0.1, -0.05) is 0 Å². The zero-order valence-corrected chi connectivity index (χ0v) is 7.19. The molecule has 0 aromatic heterocycles. The maximum atomic E-state index is 9.64. The number of aliphatic carboxylic acids is 2. The van der Waals surface area contributed by atoms with E-state index in [0.717, 1.165) is 0 Å². The highest BCUT2D eigenvalue weighted by molar-refractivity contribution is 7.83. The van der Waals surface area contributed by atoms with Crippen molar-refractivity contribution in [3.63, 3.8) is 0 Å². The summed E-state index contributed by atoms with van der Waals surface area (Å²) in [5, 5.41) is 19.7. The minimum absolute atomic E-state index is 0.296. The SMILES string of the molecule is NS(=O)(=O)O.O=C(O)CCC(=O)O. The third kappa shape index (κ3) is 57.8. The van der Waals surface area contributed by atoms with E-state index in [9.17, 15) is 9.59 Å². The first-order valence-electron chi connectivity index (χ1n) is 2.81. The Morgan fingerprint density at radius 1 is 1.08 bits per heavy atom. The first-order valence-corrected chi connectivity index (χ1v) is 4.32. The number of carboxylic acids is 2. The van der Waals surface area contributed by atoms with Crippen LogP contribution in [0, 0.1) is 0 Å². The van der Waals surface area contributed by atoms with Crippen LogP contribution in [0.3, 0.4) is 0 Å². The van der Waals surface area contributed by atoms with Crippen LogP contribution in [0.2, 0.25) is 0 Å². The molecule has 78 valence electrons. The van der Waals surface area contributed by atoms with Crippen LogP contribution in [-0.4, -0.2) is 35.1 Å². The summed E-state index contributed by atoms with van der Waals surface area (Å²) in [6.45, 7) is 0. The van der Waals surface area contributed by atoms with Gasteiger partial charge in [0, 0.05) is 0 Å². The topological polar surface area (TPSA) is 155 Å². The van der Waals surface area contributed by atoms with Gasteiger partial charge in [0.05, 0.1) is 12.8 Å². The summed E-state index contributed by atoms with van der Waals surface area (Å²) < 4.78 is 25.2. The van der Waals surface area contributed by atoms with Gasteiger partial charge >= 0.3 is 22.2 Å². The van der Waals surface area contributed by atoms with E-state index in [1.165, 1.54) is 0 Å². The molecule has 0 amide bonds. The van der Waals surface area contributed by atoms with Gasteiger partial charge < -0.3 is 10.2 Å². The van der Waals surface area contributed by atoms with Gasteiger partial charge in [0.25, 0.3) is 0 Å². The first-order chi connectivity index (χ1) is 5.63. The molecule has 0 fully saturated rings. The Morgan fingerprint density at radius 2 is 1.23 bits per heavy atom. The van der Waals surface area contributed by atoms with E-state index < -0.39 is 22.2 Å². The van der Waals surface area contributed by atoms with Crippen LogP contribution in [-0.2, 0) is 19.9 Å². The van der Waals surface area contributed by atoms with Gasteiger partial charge in [-0.3, -0.25) is 14.1 Å². The van der Waals surface area contributed by atoms with Gasteiger partial charge in [-0.15, -0.1) is 0 Å². The van der Waals surface area contributed by atoms with Crippen LogP contribution < -0.4 is 5.14 Å². The monoisotopic (exact) mass is 215 g/mol. The van der Waals surface area contributed by atoms with Crippen molar-refractivity contribution in [3.8, 4) is 0 Å². The lowest BCUT2D eigenvalue weighted by Crippen LogP contribution is -2.08. The number of carbonyl (C=O) groups is 2. The average Bonchev–Trinajstić information content (AvgIpc) is 1.79. The summed E-state index contributed by atoms with van der Waals surface area (Å²) in [6, 6.07) is 0. The second-order valence-electron chi connectivity index (χ2n) is 1.80. The Balaban J connectivity index is 0. The summed E-state index contributed by atoms with van der Waals surface area (Å²) in [4.78, 5) is 19.3. The normalized spacial score (nSPS) is 9.69. The molecule has 0 spiro atoms. The van der Waals surface area contributed by atoms with E-state index in [1.807, 2.05) is 0 Å². The van der Waals surface area contributed by atoms with Crippen LogP contribution >= 0.6 is 0 Å². The molecule has 0 aliphatic carbocycles. The predicted molar refractivity (Wildman–Crippen MR) is 40.2 cm³/mol. The van der Waals surface area contributed by atoms with E-state index in [-0.39, 0.29) is 12.8 Å². The Labute approximate surface area is 73.9 Å². The number of carboxylic acid groups (broad SMARTS) is 2. The second-order valence-corrected chi connectivity index (χ2v) is 2.83. The standard InChI is InChI=1S/C4H6O4.H3NO3S/c5-3(6)1-2-4(7)8;1-5(2,3)4/h1-2H2,(H,5,6)(H,7,8);(H3,1,2,3,4). The summed E-state index contributed by atoms with van der Waals surface area (Å²) in [7, 11) is -4.17. The fourth-order valence-corrected chi connectivity index (χ4v) is 0.214. The summed E-state index contributed by atoms with van der Waals surface area (Å²) in [6.07, 6.45) is -0.593. The minimum atomic E-state index is -4.17. The molecule has 0 atom stereocenters. The van der Waals surface area contributed by atoms with E-state index in [1.54, 1.807) is 0 Å². The van der Waals surface area contributed by atoms with E-state index >= 15 is 0 Å². The molecule has 5 N–H and O–H groups in total. The number of rotatable bonds is 3. The first kappa shape index (κ1) is 14.3. The van der Waals surface area contributed by atoms with Crippen molar-refractivity contribution in [2.45, 2.75) is 12.8 Å². The van der Waals surface area contributed by atoms with Crippen molar-refractivity contribution in [3.05, 3.63) is 0 Å². The lowest BCUT2D eigenvalue weighted by molar-refractivity contribution is -0.143. The molecule has 0 heterocycles. The van der Waals surface area contributed by atoms with Crippen molar-refractivity contribution in [2.24, 2.45) is 5.14 Å². The van der Waals surface area contributed by atoms with Crippen LogP contribution in [0.1, 0.15) is 12.8 Å². The van der Waals surface area contributed by atoms with E-state index in [4.69, 9.17) is 23.2 Å². The molecule has 13 heavy (non-hydrogen) atoms. The molecule has 0 bridgehead atoms. The molecule has 0 aromatic carbocycles. The highest BCUT2D eigenvalue weighted by Gasteiger charge is 2.00. The Morgan fingerprint density at radius 3 is 1.31 bits per heavy atom. The summed E-state index contributed by atoms with van der Waals surface area (Å²) >= 11 is 0. The number of nitrogens with two attached hydrogens (primary N) is 1. The van der Waals surface area contributed by atoms with Crippen LogP contribution in [0.25, 0.3) is 0 Å². The zero-order valence-electron chi connectivity index (χ0n) is 6.37. The fourth-order valence-electron chi connectivity index (χ4n) is 0.214. The van der Waals surface area contributed by atoms with Crippen LogP contribution in [0.15, 0.2) is 0 Å². The smallest absolute Gasteiger partial charge is 0.330 e. The molecule has 0 saturated carbocycles. The molecule has 8 nitrogen and oxygen atoms in total. The second kappa shape index (κ2) is 6.34.